The van der Waals surface area contributed by atoms with E-state index in [1.54, 1.807) is 0 Å². The van der Waals surface area contributed by atoms with Gasteiger partial charge in [0.25, 0.3) is 0 Å². The van der Waals surface area contributed by atoms with Gasteiger partial charge < -0.3 is 5.32 Å². The fourth-order valence-corrected chi connectivity index (χ4v) is 2.30. The van der Waals surface area contributed by atoms with Gasteiger partial charge in [0.2, 0.25) is 0 Å². The van der Waals surface area contributed by atoms with Gasteiger partial charge >= 0.3 is 6.18 Å². The fourth-order valence-electron chi connectivity index (χ4n) is 1.98. The molecule has 0 atom stereocenters. The molecule has 10 heteroatoms. The second-order valence-electron chi connectivity index (χ2n) is 5.05. The first-order valence-corrected chi connectivity index (χ1v) is 7.80. The monoisotopic (exact) mass is 407 g/mol. The Bertz CT molecular complexity index is 847. The van der Waals surface area contributed by atoms with Crippen molar-refractivity contribution in [3.63, 3.8) is 0 Å². The van der Waals surface area contributed by atoms with E-state index >= 15 is 0 Å². The second-order valence-corrected chi connectivity index (χ2v) is 5.87. The molecule has 2 aromatic carbocycles. The summed E-state index contributed by atoms with van der Waals surface area (Å²) in [4.78, 5) is 0. The number of hydrogen-bond donors (Lipinski definition) is 2. The number of thiocarbonyl (C=S) groups is 1. The second kappa shape index (κ2) is 7.96. The maximum atomic E-state index is 13.7. The highest BCUT2D eigenvalue weighted by molar-refractivity contribution is 7.80. The average Bonchev–Trinajstić information content (AvgIpc) is 2.53. The first kappa shape index (κ1) is 20.1. The van der Waals surface area contributed by atoms with Crippen LogP contribution >= 0.6 is 23.8 Å². The lowest BCUT2D eigenvalue weighted by atomic mass is 10.1. The van der Waals surface area contributed by atoms with Gasteiger partial charge in [0.15, 0.2) is 5.11 Å². The summed E-state index contributed by atoms with van der Waals surface area (Å²) in [6.07, 6.45) is -4.55. The molecule has 0 spiro atoms. The van der Waals surface area contributed by atoms with E-state index in [9.17, 15) is 22.0 Å². The maximum absolute atomic E-state index is 13.7. The van der Waals surface area contributed by atoms with Gasteiger partial charge in [0.05, 0.1) is 27.5 Å². The van der Waals surface area contributed by atoms with E-state index in [1.165, 1.54) is 13.0 Å². The molecule has 0 fully saturated rings. The molecule has 138 valence electrons. The molecule has 0 saturated carbocycles. The van der Waals surface area contributed by atoms with Gasteiger partial charge in [-0.1, -0.05) is 17.7 Å². The number of halogens is 6. The van der Waals surface area contributed by atoms with Crippen LogP contribution in [0.15, 0.2) is 41.5 Å². The summed E-state index contributed by atoms with van der Waals surface area (Å²) in [5, 5.41) is 5.98. The van der Waals surface area contributed by atoms with Crippen LogP contribution in [-0.4, -0.2) is 10.8 Å². The molecule has 0 aliphatic carbocycles. The van der Waals surface area contributed by atoms with Crippen molar-refractivity contribution in [2.75, 3.05) is 5.32 Å². The number of benzene rings is 2. The molecule has 3 nitrogen and oxygen atoms in total. The highest BCUT2D eigenvalue weighted by atomic mass is 35.5. The largest absolute Gasteiger partial charge is 0.416 e. The zero-order valence-electron chi connectivity index (χ0n) is 13.1. The quantitative estimate of drug-likeness (QED) is 0.312. The van der Waals surface area contributed by atoms with Crippen LogP contribution < -0.4 is 10.7 Å². The Labute approximate surface area is 155 Å². The molecule has 2 rings (SSSR count). The Balaban J connectivity index is 2.14. The predicted octanol–water partition coefficient (Wildman–Crippen LogP) is 5.35. The number of hydrazone groups is 1. The Morgan fingerprint density at radius 2 is 1.73 bits per heavy atom. The number of rotatable bonds is 3. The van der Waals surface area contributed by atoms with Crippen LogP contribution in [0.1, 0.15) is 18.1 Å². The van der Waals surface area contributed by atoms with Gasteiger partial charge in [-0.15, -0.1) is 0 Å². The van der Waals surface area contributed by atoms with Gasteiger partial charge in [-0.25, -0.2) is 8.78 Å². The van der Waals surface area contributed by atoms with E-state index in [0.29, 0.717) is 0 Å². The van der Waals surface area contributed by atoms with E-state index in [1.807, 2.05) is 0 Å². The predicted molar refractivity (Wildman–Crippen MR) is 94.4 cm³/mol. The highest BCUT2D eigenvalue weighted by Crippen LogP contribution is 2.33. The van der Waals surface area contributed by atoms with E-state index < -0.39 is 23.4 Å². The summed E-state index contributed by atoms with van der Waals surface area (Å²) in [7, 11) is 0. The summed E-state index contributed by atoms with van der Waals surface area (Å²) >= 11 is 10.7. The zero-order valence-corrected chi connectivity index (χ0v) is 14.7. The molecule has 0 amide bonds. The van der Waals surface area contributed by atoms with Crippen molar-refractivity contribution in [3.8, 4) is 0 Å². The van der Waals surface area contributed by atoms with E-state index in [2.05, 4.69) is 15.8 Å². The molecule has 2 N–H and O–H groups in total. The molecular weight excluding hydrogens is 397 g/mol. The Morgan fingerprint density at radius 1 is 1.12 bits per heavy atom. The first-order valence-electron chi connectivity index (χ1n) is 7.02. The molecule has 0 aromatic heterocycles. The van der Waals surface area contributed by atoms with Gasteiger partial charge in [-0.3, -0.25) is 5.43 Å². The van der Waals surface area contributed by atoms with Gasteiger partial charge in [0, 0.05) is 0 Å². The zero-order chi connectivity index (χ0) is 19.5. The van der Waals surface area contributed by atoms with Crippen LogP contribution in [0.2, 0.25) is 5.02 Å². The van der Waals surface area contributed by atoms with Crippen molar-refractivity contribution in [1.29, 1.82) is 0 Å². The van der Waals surface area contributed by atoms with Gasteiger partial charge in [0.1, 0.15) is 11.6 Å². The number of alkyl halides is 3. The summed E-state index contributed by atoms with van der Waals surface area (Å²) < 4.78 is 65.5. The molecule has 0 saturated heterocycles. The Hall–Kier alpha value is -2.26. The van der Waals surface area contributed by atoms with Crippen LogP contribution in [0.3, 0.4) is 0 Å². The lowest BCUT2D eigenvalue weighted by molar-refractivity contribution is -0.137. The van der Waals surface area contributed by atoms with Crippen LogP contribution in [0.25, 0.3) is 0 Å². The first-order chi connectivity index (χ1) is 12.1. The minimum atomic E-state index is -4.55. The van der Waals surface area contributed by atoms with E-state index in [4.69, 9.17) is 23.8 Å². The maximum Gasteiger partial charge on any atom is 0.416 e. The lowest BCUT2D eigenvalue weighted by Gasteiger charge is -2.13. The molecule has 0 radical (unpaired) electrons. The summed E-state index contributed by atoms with van der Waals surface area (Å²) in [6.45, 7) is 1.34. The summed E-state index contributed by atoms with van der Waals surface area (Å²) in [6, 6.07) is 6.01. The third kappa shape index (κ3) is 4.89. The van der Waals surface area contributed by atoms with Crippen molar-refractivity contribution < 1.29 is 22.0 Å². The van der Waals surface area contributed by atoms with Crippen molar-refractivity contribution >= 4 is 40.3 Å². The topological polar surface area (TPSA) is 36.4 Å². The minimum Gasteiger partial charge on any atom is -0.330 e. The van der Waals surface area contributed by atoms with Crippen LogP contribution in [0.4, 0.5) is 27.6 Å². The molecule has 2 aromatic rings. The summed E-state index contributed by atoms with van der Waals surface area (Å²) in [5.41, 5.74) is 0.905. The van der Waals surface area contributed by atoms with Gasteiger partial charge in [-0.05, 0) is 49.5 Å². The third-order valence-electron chi connectivity index (χ3n) is 3.19. The van der Waals surface area contributed by atoms with Crippen LogP contribution in [0, 0.1) is 11.6 Å². The van der Waals surface area contributed by atoms with Gasteiger partial charge in [-0.2, -0.15) is 18.3 Å². The van der Waals surface area contributed by atoms with Crippen LogP contribution in [-0.2, 0) is 6.18 Å². The van der Waals surface area contributed by atoms with E-state index in [-0.39, 0.29) is 27.1 Å². The van der Waals surface area contributed by atoms with Crippen molar-refractivity contribution in [3.05, 3.63) is 64.2 Å². The van der Waals surface area contributed by atoms with Crippen molar-refractivity contribution in [1.82, 2.24) is 5.43 Å². The lowest BCUT2D eigenvalue weighted by Crippen LogP contribution is -2.25. The molecule has 0 aliphatic rings. The highest BCUT2D eigenvalue weighted by Gasteiger charge is 2.31. The normalized spacial score (nSPS) is 12.0. The molecule has 0 heterocycles. The van der Waals surface area contributed by atoms with E-state index in [0.717, 1.165) is 30.3 Å². The average molecular weight is 408 g/mol. The van der Waals surface area contributed by atoms with Crippen LogP contribution in [0.5, 0.6) is 0 Å². The van der Waals surface area contributed by atoms with Crippen molar-refractivity contribution in [2.45, 2.75) is 13.1 Å². The SMILES string of the molecule is C/C(=N\NC(=S)Nc1cc(C(F)(F)F)ccc1Cl)c1c(F)cccc1F. The smallest absolute Gasteiger partial charge is 0.330 e. The number of nitrogens with zero attached hydrogens (tertiary/aromatic N) is 1. The minimum absolute atomic E-state index is 0.00278. The molecule has 0 unspecified atom stereocenters. The molecular formula is C16H11ClF5N3S. The summed E-state index contributed by atoms with van der Waals surface area (Å²) in [5.74, 6) is -1.62. The number of anilines is 1. The molecule has 0 aliphatic heterocycles. The molecule has 26 heavy (non-hydrogen) atoms. The fraction of sp³-hybridized carbons (Fsp3) is 0.125. The standard InChI is InChI=1S/C16H11ClF5N3S/c1-8(14-11(18)3-2-4-12(14)19)24-25-15(26)23-13-7-9(16(20,21)22)5-6-10(13)17/h2-7H,1H3,(H2,23,25,26)/b24-8+. The number of nitrogens with one attached hydrogen (secondary N) is 2. The Kier molecular flexibility index (Phi) is 6.14. The van der Waals surface area contributed by atoms with Crippen molar-refractivity contribution in [2.24, 2.45) is 5.10 Å². The third-order valence-corrected chi connectivity index (χ3v) is 3.71. The molecule has 0 bridgehead atoms. The number of hydrogen-bond acceptors (Lipinski definition) is 2. The Morgan fingerprint density at radius 3 is 2.31 bits per heavy atom.